The fourth-order valence-electron chi connectivity index (χ4n) is 3.70. The number of aromatic nitrogens is 2. The molecule has 0 aliphatic carbocycles. The molecule has 138 valence electrons. The summed E-state index contributed by atoms with van der Waals surface area (Å²) in [6.45, 7) is 4.51. The molecule has 2 aromatic rings. The van der Waals surface area contributed by atoms with E-state index >= 15 is 0 Å². The normalized spacial score (nSPS) is 18.1. The van der Waals surface area contributed by atoms with Gasteiger partial charge in [0, 0.05) is 43.7 Å². The minimum absolute atomic E-state index is 0.129. The average molecular weight is 372 g/mol. The van der Waals surface area contributed by atoms with E-state index in [0.717, 1.165) is 54.4 Å². The third-order valence-corrected chi connectivity index (χ3v) is 7.03. The third kappa shape index (κ3) is 3.21. The Labute approximate surface area is 154 Å². The van der Waals surface area contributed by atoms with E-state index < -0.39 is 10.0 Å². The SMILES string of the molecule is CCS(=O)(=O)N1CCc2nc(-c3ccccc3)nc(N3CCCC3)c2C1. The standard InChI is InChI=1S/C19H24N4O2S/c1-2-26(24,25)23-13-10-17-16(14-23)19(22-11-6-7-12-22)21-18(20-17)15-8-4-3-5-9-15/h3-5,8-9H,2,6-7,10-14H2,1H3. The number of anilines is 1. The highest BCUT2D eigenvalue weighted by Gasteiger charge is 2.31. The Balaban J connectivity index is 1.79. The summed E-state index contributed by atoms with van der Waals surface area (Å²) in [6.07, 6.45) is 2.94. The largest absolute Gasteiger partial charge is 0.356 e. The van der Waals surface area contributed by atoms with Crippen LogP contribution in [0.5, 0.6) is 0 Å². The second kappa shape index (κ2) is 6.96. The maximum atomic E-state index is 12.4. The zero-order valence-corrected chi connectivity index (χ0v) is 15.9. The predicted molar refractivity (Wildman–Crippen MR) is 102 cm³/mol. The lowest BCUT2D eigenvalue weighted by atomic mass is 10.1. The zero-order valence-electron chi connectivity index (χ0n) is 15.1. The summed E-state index contributed by atoms with van der Waals surface area (Å²) in [5.74, 6) is 1.78. The van der Waals surface area contributed by atoms with Crippen LogP contribution in [-0.4, -0.2) is 48.1 Å². The van der Waals surface area contributed by atoms with E-state index in [2.05, 4.69) is 4.90 Å². The highest BCUT2D eigenvalue weighted by molar-refractivity contribution is 7.89. The van der Waals surface area contributed by atoms with Gasteiger partial charge in [0.1, 0.15) is 5.82 Å². The molecule has 0 N–H and O–H groups in total. The molecule has 1 aromatic heterocycles. The van der Waals surface area contributed by atoms with Crippen molar-refractivity contribution in [3.8, 4) is 11.4 Å². The number of hydrogen-bond donors (Lipinski definition) is 0. The number of rotatable bonds is 4. The average Bonchev–Trinajstić information content (AvgIpc) is 3.22. The molecule has 7 heteroatoms. The lowest BCUT2D eigenvalue weighted by Crippen LogP contribution is -2.38. The molecule has 6 nitrogen and oxygen atoms in total. The summed E-state index contributed by atoms with van der Waals surface area (Å²) in [6, 6.07) is 10.0. The summed E-state index contributed by atoms with van der Waals surface area (Å²) >= 11 is 0. The van der Waals surface area contributed by atoms with Crippen LogP contribution in [0.2, 0.25) is 0 Å². The maximum absolute atomic E-state index is 12.4. The van der Waals surface area contributed by atoms with Gasteiger partial charge in [0.15, 0.2) is 5.82 Å². The van der Waals surface area contributed by atoms with Crippen molar-refractivity contribution in [2.24, 2.45) is 0 Å². The first-order chi connectivity index (χ1) is 12.6. The van der Waals surface area contributed by atoms with Crippen molar-refractivity contribution >= 4 is 15.8 Å². The molecule has 1 aromatic carbocycles. The van der Waals surface area contributed by atoms with Crippen LogP contribution in [0.25, 0.3) is 11.4 Å². The van der Waals surface area contributed by atoms with Gasteiger partial charge in [0.25, 0.3) is 0 Å². The molecule has 0 amide bonds. The van der Waals surface area contributed by atoms with Crippen LogP contribution in [0, 0.1) is 0 Å². The molecule has 3 heterocycles. The Kier molecular flexibility index (Phi) is 4.67. The van der Waals surface area contributed by atoms with Crippen molar-refractivity contribution in [2.75, 3.05) is 30.3 Å². The third-order valence-electron chi connectivity index (χ3n) is 5.20. The van der Waals surface area contributed by atoms with Gasteiger partial charge < -0.3 is 4.90 Å². The summed E-state index contributed by atoms with van der Waals surface area (Å²) in [4.78, 5) is 12.0. The van der Waals surface area contributed by atoms with Gasteiger partial charge in [0.05, 0.1) is 11.4 Å². The van der Waals surface area contributed by atoms with Crippen LogP contribution >= 0.6 is 0 Å². The Morgan fingerprint density at radius 3 is 2.46 bits per heavy atom. The molecule has 26 heavy (non-hydrogen) atoms. The highest BCUT2D eigenvalue weighted by atomic mass is 32.2. The Morgan fingerprint density at radius 1 is 1.04 bits per heavy atom. The van der Waals surface area contributed by atoms with Gasteiger partial charge >= 0.3 is 0 Å². The summed E-state index contributed by atoms with van der Waals surface area (Å²) in [5, 5.41) is 0. The van der Waals surface area contributed by atoms with Gasteiger partial charge in [-0.15, -0.1) is 0 Å². The fourth-order valence-corrected chi connectivity index (χ4v) is 4.76. The molecule has 0 spiro atoms. The topological polar surface area (TPSA) is 66.4 Å². The number of fused-ring (bicyclic) bond motifs is 1. The summed E-state index contributed by atoms with van der Waals surface area (Å²) in [7, 11) is -3.21. The van der Waals surface area contributed by atoms with Gasteiger partial charge in [-0.3, -0.25) is 0 Å². The molecule has 4 rings (SSSR count). The molecule has 1 saturated heterocycles. The van der Waals surface area contributed by atoms with Crippen LogP contribution in [0.3, 0.4) is 0 Å². The minimum Gasteiger partial charge on any atom is -0.356 e. The molecular weight excluding hydrogens is 348 g/mol. The van der Waals surface area contributed by atoms with E-state index in [9.17, 15) is 8.42 Å². The smallest absolute Gasteiger partial charge is 0.214 e. The number of hydrogen-bond acceptors (Lipinski definition) is 5. The van der Waals surface area contributed by atoms with Crippen molar-refractivity contribution in [1.29, 1.82) is 0 Å². The maximum Gasteiger partial charge on any atom is 0.214 e. The highest BCUT2D eigenvalue weighted by Crippen LogP contribution is 2.32. The molecule has 0 saturated carbocycles. The fraction of sp³-hybridized carbons (Fsp3) is 0.474. The minimum atomic E-state index is -3.21. The van der Waals surface area contributed by atoms with Crippen molar-refractivity contribution in [3.63, 3.8) is 0 Å². The van der Waals surface area contributed by atoms with Crippen LogP contribution < -0.4 is 4.90 Å². The molecule has 2 aliphatic heterocycles. The monoisotopic (exact) mass is 372 g/mol. The molecule has 0 bridgehead atoms. The first-order valence-electron chi connectivity index (χ1n) is 9.26. The number of benzene rings is 1. The Morgan fingerprint density at radius 2 is 1.77 bits per heavy atom. The Bertz CT molecular complexity index is 893. The van der Waals surface area contributed by atoms with Crippen molar-refractivity contribution < 1.29 is 8.42 Å². The summed E-state index contributed by atoms with van der Waals surface area (Å²) in [5.41, 5.74) is 2.97. The van der Waals surface area contributed by atoms with Crippen LogP contribution in [0.1, 0.15) is 31.0 Å². The van der Waals surface area contributed by atoms with Gasteiger partial charge in [0.2, 0.25) is 10.0 Å². The van der Waals surface area contributed by atoms with Gasteiger partial charge in [-0.1, -0.05) is 30.3 Å². The van der Waals surface area contributed by atoms with E-state index in [1.54, 1.807) is 11.2 Å². The van der Waals surface area contributed by atoms with Crippen molar-refractivity contribution in [3.05, 3.63) is 41.6 Å². The molecule has 0 radical (unpaired) electrons. The molecule has 2 aliphatic rings. The van der Waals surface area contributed by atoms with E-state index in [1.165, 1.54) is 0 Å². The lowest BCUT2D eigenvalue weighted by molar-refractivity contribution is 0.388. The van der Waals surface area contributed by atoms with E-state index in [-0.39, 0.29) is 5.75 Å². The molecule has 0 unspecified atom stereocenters. The van der Waals surface area contributed by atoms with Crippen LogP contribution in [0.4, 0.5) is 5.82 Å². The lowest BCUT2D eigenvalue weighted by Gasteiger charge is -2.31. The van der Waals surface area contributed by atoms with Gasteiger partial charge in [-0.05, 0) is 19.8 Å². The molecular formula is C19H24N4O2S. The zero-order chi connectivity index (χ0) is 18.1. The van der Waals surface area contributed by atoms with Crippen LogP contribution in [0.15, 0.2) is 30.3 Å². The quantitative estimate of drug-likeness (QED) is 0.825. The first kappa shape index (κ1) is 17.4. The van der Waals surface area contributed by atoms with Gasteiger partial charge in [-0.25, -0.2) is 18.4 Å². The number of sulfonamides is 1. The Hall–Kier alpha value is -1.99. The summed E-state index contributed by atoms with van der Waals surface area (Å²) < 4.78 is 26.3. The van der Waals surface area contributed by atoms with Gasteiger partial charge in [-0.2, -0.15) is 4.31 Å². The van der Waals surface area contributed by atoms with Crippen molar-refractivity contribution in [2.45, 2.75) is 32.7 Å². The van der Waals surface area contributed by atoms with E-state index in [0.29, 0.717) is 19.5 Å². The van der Waals surface area contributed by atoms with Crippen LogP contribution in [-0.2, 0) is 23.0 Å². The second-order valence-electron chi connectivity index (χ2n) is 6.84. The van der Waals surface area contributed by atoms with Crippen molar-refractivity contribution in [1.82, 2.24) is 14.3 Å². The van der Waals surface area contributed by atoms with E-state index in [4.69, 9.17) is 9.97 Å². The molecule has 1 fully saturated rings. The predicted octanol–water partition coefficient (Wildman–Crippen LogP) is 2.45. The number of nitrogens with zero attached hydrogens (tertiary/aromatic N) is 4. The second-order valence-corrected chi connectivity index (χ2v) is 9.10. The van der Waals surface area contributed by atoms with E-state index in [1.807, 2.05) is 30.3 Å². The molecule has 0 atom stereocenters. The first-order valence-corrected chi connectivity index (χ1v) is 10.9.